The van der Waals surface area contributed by atoms with Crippen LogP contribution in [0.5, 0.6) is 11.5 Å². The maximum atomic E-state index is 12.4. The van der Waals surface area contributed by atoms with Gasteiger partial charge in [0.2, 0.25) is 5.91 Å². The summed E-state index contributed by atoms with van der Waals surface area (Å²) in [5.74, 6) is 1.95. The predicted octanol–water partition coefficient (Wildman–Crippen LogP) is 1.82. The van der Waals surface area contributed by atoms with Crippen molar-refractivity contribution >= 4 is 24.0 Å². The first-order chi connectivity index (χ1) is 11.7. The molecule has 0 radical (unpaired) electrons. The summed E-state index contributed by atoms with van der Waals surface area (Å²) >= 11 is 0. The van der Waals surface area contributed by atoms with E-state index in [4.69, 9.17) is 9.47 Å². The summed E-state index contributed by atoms with van der Waals surface area (Å²) in [5.41, 5.74) is 1.07. The Labute approximate surface area is 155 Å². The molecule has 2 aliphatic rings. The molecule has 0 saturated carbocycles. The topological polar surface area (TPSA) is 62.8 Å². The van der Waals surface area contributed by atoms with Crippen molar-refractivity contribution in [3.8, 4) is 11.5 Å². The summed E-state index contributed by atoms with van der Waals surface area (Å²) in [4.78, 5) is 14.7. The van der Waals surface area contributed by atoms with Gasteiger partial charge in [-0.05, 0) is 32.4 Å². The van der Waals surface area contributed by atoms with Gasteiger partial charge in [-0.2, -0.15) is 0 Å². The normalized spacial score (nSPS) is 20.7. The number of hydrogen-bond donors (Lipinski definition) is 2. The van der Waals surface area contributed by atoms with Gasteiger partial charge in [-0.3, -0.25) is 4.79 Å². The standard InChI is InChI=1S/C18H27N3O3.ClH/c1-23-16-9-15(10-17(11-16)24-2)21-8-5-14(12-21)20-18(22)13-3-6-19-7-4-13;/h9-11,13-14,19H,3-8,12H2,1-2H3,(H,20,22);1H. The third-order valence-corrected chi connectivity index (χ3v) is 4.95. The summed E-state index contributed by atoms with van der Waals surface area (Å²) in [5, 5.41) is 6.54. The maximum Gasteiger partial charge on any atom is 0.223 e. The molecule has 2 fully saturated rings. The van der Waals surface area contributed by atoms with E-state index in [-0.39, 0.29) is 30.3 Å². The Bertz CT molecular complexity index is 556. The van der Waals surface area contributed by atoms with E-state index in [1.54, 1.807) is 14.2 Å². The molecule has 0 bridgehead atoms. The van der Waals surface area contributed by atoms with Gasteiger partial charge in [0.15, 0.2) is 0 Å². The Morgan fingerprint density at radius 2 is 1.76 bits per heavy atom. The molecule has 1 unspecified atom stereocenters. The molecule has 1 atom stereocenters. The molecule has 2 saturated heterocycles. The van der Waals surface area contributed by atoms with E-state index in [1.165, 1.54) is 0 Å². The highest BCUT2D eigenvalue weighted by molar-refractivity contribution is 5.85. The van der Waals surface area contributed by atoms with Gasteiger partial charge in [0.25, 0.3) is 0 Å². The number of methoxy groups -OCH3 is 2. The average molecular weight is 370 g/mol. The second kappa shape index (κ2) is 9.15. The van der Waals surface area contributed by atoms with Gasteiger partial charge < -0.3 is 25.0 Å². The van der Waals surface area contributed by atoms with Crippen LogP contribution in [-0.4, -0.2) is 52.3 Å². The van der Waals surface area contributed by atoms with Crippen LogP contribution in [0.3, 0.4) is 0 Å². The van der Waals surface area contributed by atoms with Crippen LogP contribution < -0.4 is 25.0 Å². The van der Waals surface area contributed by atoms with Gasteiger partial charge in [-0.15, -0.1) is 12.4 Å². The Morgan fingerprint density at radius 1 is 1.12 bits per heavy atom. The van der Waals surface area contributed by atoms with Crippen LogP contribution in [0.15, 0.2) is 18.2 Å². The van der Waals surface area contributed by atoms with Crippen molar-refractivity contribution in [3.63, 3.8) is 0 Å². The summed E-state index contributed by atoms with van der Waals surface area (Å²) in [6.45, 7) is 3.64. The number of hydrogen-bond acceptors (Lipinski definition) is 5. The number of rotatable bonds is 5. The number of piperidine rings is 1. The third-order valence-electron chi connectivity index (χ3n) is 4.95. The van der Waals surface area contributed by atoms with Crippen molar-refractivity contribution in [2.75, 3.05) is 45.3 Å². The number of halogens is 1. The van der Waals surface area contributed by atoms with Crippen LogP contribution in [0.2, 0.25) is 0 Å². The molecule has 0 aliphatic carbocycles. The molecular formula is C18H28ClN3O3. The monoisotopic (exact) mass is 369 g/mol. The first-order valence-corrected chi connectivity index (χ1v) is 8.68. The molecule has 25 heavy (non-hydrogen) atoms. The molecular weight excluding hydrogens is 342 g/mol. The lowest BCUT2D eigenvalue weighted by Gasteiger charge is -2.24. The molecule has 140 valence electrons. The lowest BCUT2D eigenvalue weighted by Crippen LogP contribution is -2.43. The van der Waals surface area contributed by atoms with Crippen LogP contribution in [0, 0.1) is 5.92 Å². The largest absolute Gasteiger partial charge is 0.497 e. The first-order valence-electron chi connectivity index (χ1n) is 8.68. The number of ether oxygens (including phenoxy) is 2. The number of carbonyl (C=O) groups is 1. The number of amides is 1. The molecule has 0 spiro atoms. The van der Waals surface area contributed by atoms with Gasteiger partial charge in [-0.25, -0.2) is 0 Å². The number of nitrogens with one attached hydrogen (secondary N) is 2. The molecule has 2 N–H and O–H groups in total. The summed E-state index contributed by atoms with van der Waals surface area (Å²) in [7, 11) is 3.31. The van der Waals surface area contributed by atoms with Gasteiger partial charge in [0, 0.05) is 48.9 Å². The highest BCUT2D eigenvalue weighted by Crippen LogP contribution is 2.30. The zero-order valence-electron chi connectivity index (χ0n) is 14.9. The van der Waals surface area contributed by atoms with Gasteiger partial charge in [-0.1, -0.05) is 0 Å². The van der Waals surface area contributed by atoms with Crippen molar-refractivity contribution in [1.82, 2.24) is 10.6 Å². The molecule has 1 aromatic carbocycles. The molecule has 0 aromatic heterocycles. The predicted molar refractivity (Wildman–Crippen MR) is 101 cm³/mol. The molecule has 2 aliphatic heterocycles. The van der Waals surface area contributed by atoms with Crippen molar-refractivity contribution in [2.24, 2.45) is 5.92 Å². The molecule has 2 heterocycles. The van der Waals surface area contributed by atoms with Crippen LogP contribution in [0.1, 0.15) is 19.3 Å². The number of benzene rings is 1. The minimum atomic E-state index is 0. The summed E-state index contributed by atoms with van der Waals surface area (Å²) < 4.78 is 10.7. The van der Waals surface area contributed by atoms with Crippen molar-refractivity contribution < 1.29 is 14.3 Å². The van der Waals surface area contributed by atoms with Crippen molar-refractivity contribution in [2.45, 2.75) is 25.3 Å². The first kappa shape index (κ1) is 19.7. The van der Waals surface area contributed by atoms with Crippen LogP contribution >= 0.6 is 12.4 Å². The lowest BCUT2D eigenvalue weighted by atomic mass is 9.97. The van der Waals surface area contributed by atoms with E-state index in [9.17, 15) is 4.79 Å². The number of anilines is 1. The number of nitrogens with zero attached hydrogens (tertiary/aromatic N) is 1. The molecule has 6 nitrogen and oxygen atoms in total. The minimum absolute atomic E-state index is 0. The highest BCUT2D eigenvalue weighted by Gasteiger charge is 2.28. The second-order valence-corrected chi connectivity index (χ2v) is 6.54. The van der Waals surface area contributed by atoms with E-state index in [0.717, 1.165) is 62.6 Å². The minimum Gasteiger partial charge on any atom is -0.497 e. The highest BCUT2D eigenvalue weighted by atomic mass is 35.5. The van der Waals surface area contributed by atoms with Crippen molar-refractivity contribution in [3.05, 3.63) is 18.2 Å². The van der Waals surface area contributed by atoms with Gasteiger partial charge >= 0.3 is 0 Å². The third kappa shape index (κ3) is 4.92. The Hall–Kier alpha value is -1.66. The fourth-order valence-electron chi connectivity index (χ4n) is 3.49. The van der Waals surface area contributed by atoms with Crippen LogP contribution in [0.4, 0.5) is 5.69 Å². The summed E-state index contributed by atoms with van der Waals surface area (Å²) in [6, 6.07) is 6.11. The smallest absolute Gasteiger partial charge is 0.223 e. The van der Waals surface area contributed by atoms with E-state index in [0.29, 0.717) is 0 Å². The van der Waals surface area contributed by atoms with Crippen LogP contribution in [-0.2, 0) is 4.79 Å². The second-order valence-electron chi connectivity index (χ2n) is 6.54. The molecule has 1 aromatic rings. The number of carbonyl (C=O) groups excluding carboxylic acids is 1. The van der Waals surface area contributed by atoms with E-state index in [2.05, 4.69) is 15.5 Å². The van der Waals surface area contributed by atoms with Gasteiger partial charge in [0.05, 0.1) is 14.2 Å². The molecule has 1 amide bonds. The average Bonchev–Trinajstić information content (AvgIpc) is 3.10. The van der Waals surface area contributed by atoms with E-state index < -0.39 is 0 Å². The van der Waals surface area contributed by atoms with Crippen molar-refractivity contribution in [1.29, 1.82) is 0 Å². The fraction of sp³-hybridized carbons (Fsp3) is 0.611. The molecule has 7 heteroatoms. The fourth-order valence-corrected chi connectivity index (χ4v) is 3.49. The van der Waals surface area contributed by atoms with E-state index >= 15 is 0 Å². The quantitative estimate of drug-likeness (QED) is 0.829. The van der Waals surface area contributed by atoms with Crippen LogP contribution in [0.25, 0.3) is 0 Å². The summed E-state index contributed by atoms with van der Waals surface area (Å²) in [6.07, 6.45) is 2.85. The SMILES string of the molecule is COc1cc(OC)cc(N2CCC(NC(=O)C3CCNCC3)C2)c1.Cl. The molecule has 3 rings (SSSR count). The lowest BCUT2D eigenvalue weighted by molar-refractivity contribution is -0.126. The zero-order valence-corrected chi connectivity index (χ0v) is 15.7. The van der Waals surface area contributed by atoms with Gasteiger partial charge in [0.1, 0.15) is 11.5 Å². The maximum absolute atomic E-state index is 12.4. The Kier molecular flexibility index (Phi) is 7.20. The Morgan fingerprint density at radius 3 is 2.36 bits per heavy atom. The van der Waals surface area contributed by atoms with E-state index in [1.807, 2.05) is 18.2 Å². The zero-order chi connectivity index (χ0) is 16.9. The Balaban J connectivity index is 0.00000225.